The van der Waals surface area contributed by atoms with Crippen LogP contribution in [-0.2, 0) is 10.2 Å². The molecule has 1 rings (SSSR count). The Bertz CT molecular complexity index is 382. The van der Waals surface area contributed by atoms with Gasteiger partial charge in [0.2, 0.25) is 5.91 Å². The number of hydrogen-bond acceptors (Lipinski definition) is 2. The maximum absolute atomic E-state index is 11.6. The minimum Gasteiger partial charge on any atom is -0.326 e. The number of benzene rings is 1. The van der Waals surface area contributed by atoms with Crippen LogP contribution in [0.3, 0.4) is 0 Å². The Balaban J connectivity index is 0.00000324. The number of anilines is 1. The van der Waals surface area contributed by atoms with Gasteiger partial charge >= 0.3 is 0 Å². The molecule has 0 spiro atoms. The number of nitrogens with one attached hydrogen (secondary N) is 2. The fraction of sp³-hybridized carbons (Fsp3) is 0.533. The number of carbonyl (C=O) groups excluding carboxylic acids is 1. The van der Waals surface area contributed by atoms with E-state index in [9.17, 15) is 4.79 Å². The zero-order chi connectivity index (χ0) is 13.6. The van der Waals surface area contributed by atoms with Gasteiger partial charge in [-0.15, -0.1) is 12.4 Å². The van der Waals surface area contributed by atoms with E-state index < -0.39 is 0 Å². The summed E-state index contributed by atoms with van der Waals surface area (Å²) in [7, 11) is 1.89. The Morgan fingerprint density at radius 3 is 2.21 bits per heavy atom. The number of halogens is 1. The third-order valence-electron chi connectivity index (χ3n) is 2.87. The molecular weight excluding hydrogens is 260 g/mol. The van der Waals surface area contributed by atoms with Gasteiger partial charge in [0.1, 0.15) is 0 Å². The van der Waals surface area contributed by atoms with Gasteiger partial charge in [-0.2, -0.15) is 0 Å². The van der Waals surface area contributed by atoms with E-state index in [1.807, 2.05) is 19.2 Å². The second kappa shape index (κ2) is 8.18. The fourth-order valence-corrected chi connectivity index (χ4v) is 1.70. The summed E-state index contributed by atoms with van der Waals surface area (Å²) >= 11 is 0. The van der Waals surface area contributed by atoms with Crippen molar-refractivity contribution in [2.24, 2.45) is 0 Å². The SMILES string of the molecule is CNCCCC(=O)Nc1ccc(C(C)(C)C)cc1.Cl. The topological polar surface area (TPSA) is 41.1 Å². The molecule has 0 aliphatic rings. The van der Waals surface area contributed by atoms with Gasteiger partial charge in [0.15, 0.2) is 0 Å². The summed E-state index contributed by atoms with van der Waals surface area (Å²) in [5, 5.41) is 5.94. The van der Waals surface area contributed by atoms with Gasteiger partial charge in [-0.05, 0) is 43.1 Å². The van der Waals surface area contributed by atoms with Crippen molar-refractivity contribution in [3.63, 3.8) is 0 Å². The zero-order valence-electron chi connectivity index (χ0n) is 12.2. The monoisotopic (exact) mass is 284 g/mol. The molecule has 0 unspecified atom stereocenters. The minimum absolute atomic E-state index is 0. The first kappa shape index (κ1) is 17.9. The molecule has 4 heteroatoms. The lowest BCUT2D eigenvalue weighted by molar-refractivity contribution is -0.116. The number of carbonyl (C=O) groups is 1. The summed E-state index contributed by atoms with van der Waals surface area (Å²) in [6.07, 6.45) is 1.42. The highest BCUT2D eigenvalue weighted by molar-refractivity contribution is 5.90. The van der Waals surface area contributed by atoms with Crippen molar-refractivity contribution in [3.05, 3.63) is 29.8 Å². The first-order valence-electron chi connectivity index (χ1n) is 6.48. The maximum atomic E-state index is 11.6. The molecule has 0 radical (unpaired) electrons. The average molecular weight is 285 g/mol. The molecule has 0 bridgehead atoms. The summed E-state index contributed by atoms with van der Waals surface area (Å²) in [6, 6.07) is 8.08. The predicted molar refractivity (Wildman–Crippen MR) is 84.2 cm³/mol. The van der Waals surface area contributed by atoms with Gasteiger partial charge in [0.05, 0.1) is 0 Å². The van der Waals surface area contributed by atoms with E-state index in [-0.39, 0.29) is 23.7 Å². The van der Waals surface area contributed by atoms with Crippen LogP contribution in [0.2, 0.25) is 0 Å². The summed E-state index contributed by atoms with van der Waals surface area (Å²) in [4.78, 5) is 11.6. The van der Waals surface area contributed by atoms with Crippen molar-refractivity contribution in [1.29, 1.82) is 0 Å². The van der Waals surface area contributed by atoms with E-state index in [1.54, 1.807) is 0 Å². The number of rotatable bonds is 5. The Hall–Kier alpha value is -1.06. The average Bonchev–Trinajstić information content (AvgIpc) is 2.29. The highest BCUT2D eigenvalue weighted by Crippen LogP contribution is 2.23. The van der Waals surface area contributed by atoms with Crippen LogP contribution >= 0.6 is 12.4 Å². The Morgan fingerprint density at radius 2 is 1.74 bits per heavy atom. The van der Waals surface area contributed by atoms with E-state index >= 15 is 0 Å². The Kier molecular flexibility index (Phi) is 7.72. The summed E-state index contributed by atoms with van der Waals surface area (Å²) in [6.45, 7) is 7.41. The van der Waals surface area contributed by atoms with Crippen LogP contribution in [-0.4, -0.2) is 19.5 Å². The van der Waals surface area contributed by atoms with E-state index in [1.165, 1.54) is 5.56 Å². The second-order valence-corrected chi connectivity index (χ2v) is 5.58. The molecule has 0 atom stereocenters. The van der Waals surface area contributed by atoms with Crippen LogP contribution < -0.4 is 10.6 Å². The standard InChI is InChI=1S/C15H24N2O.ClH/c1-15(2,3)12-7-9-13(10-8-12)17-14(18)6-5-11-16-4;/h7-10,16H,5-6,11H2,1-4H3,(H,17,18);1H. The lowest BCUT2D eigenvalue weighted by Gasteiger charge is -2.19. The molecule has 0 heterocycles. The molecule has 19 heavy (non-hydrogen) atoms. The fourth-order valence-electron chi connectivity index (χ4n) is 1.70. The highest BCUT2D eigenvalue weighted by Gasteiger charge is 2.13. The molecule has 0 fully saturated rings. The lowest BCUT2D eigenvalue weighted by atomic mass is 9.87. The van der Waals surface area contributed by atoms with Crippen molar-refractivity contribution < 1.29 is 4.79 Å². The molecule has 1 aromatic rings. The molecule has 3 nitrogen and oxygen atoms in total. The van der Waals surface area contributed by atoms with Crippen molar-refractivity contribution in [2.45, 2.75) is 39.0 Å². The first-order valence-corrected chi connectivity index (χ1v) is 6.48. The molecular formula is C15H25ClN2O. The van der Waals surface area contributed by atoms with Gasteiger partial charge in [-0.3, -0.25) is 4.79 Å². The molecule has 1 amide bonds. The zero-order valence-corrected chi connectivity index (χ0v) is 13.1. The normalized spacial score (nSPS) is 10.7. The Labute approximate surface area is 122 Å². The smallest absolute Gasteiger partial charge is 0.224 e. The van der Waals surface area contributed by atoms with E-state index in [4.69, 9.17) is 0 Å². The summed E-state index contributed by atoms with van der Waals surface area (Å²) < 4.78 is 0. The van der Waals surface area contributed by atoms with Crippen LogP contribution in [0.25, 0.3) is 0 Å². The third kappa shape index (κ3) is 6.60. The molecule has 2 N–H and O–H groups in total. The van der Waals surface area contributed by atoms with Crippen LogP contribution in [0.4, 0.5) is 5.69 Å². The third-order valence-corrected chi connectivity index (χ3v) is 2.87. The van der Waals surface area contributed by atoms with E-state index in [0.717, 1.165) is 18.7 Å². The van der Waals surface area contributed by atoms with Crippen molar-refractivity contribution >= 4 is 24.0 Å². The number of amides is 1. The van der Waals surface area contributed by atoms with Gasteiger partial charge in [-0.1, -0.05) is 32.9 Å². The lowest BCUT2D eigenvalue weighted by Crippen LogP contribution is -2.15. The van der Waals surface area contributed by atoms with Crippen molar-refractivity contribution in [3.8, 4) is 0 Å². The highest BCUT2D eigenvalue weighted by atomic mass is 35.5. The molecule has 108 valence electrons. The molecule has 0 aliphatic heterocycles. The molecule has 0 aromatic heterocycles. The molecule has 0 saturated heterocycles. The van der Waals surface area contributed by atoms with Crippen LogP contribution in [0.5, 0.6) is 0 Å². The van der Waals surface area contributed by atoms with Gasteiger partial charge in [-0.25, -0.2) is 0 Å². The predicted octanol–water partition coefficient (Wildman–Crippen LogP) is 3.34. The van der Waals surface area contributed by atoms with Crippen LogP contribution in [0.1, 0.15) is 39.2 Å². The van der Waals surface area contributed by atoms with E-state index in [2.05, 4.69) is 43.5 Å². The van der Waals surface area contributed by atoms with Gasteiger partial charge in [0, 0.05) is 12.1 Å². The van der Waals surface area contributed by atoms with E-state index in [0.29, 0.717) is 6.42 Å². The van der Waals surface area contributed by atoms with Crippen molar-refractivity contribution in [2.75, 3.05) is 18.9 Å². The summed E-state index contributed by atoms with van der Waals surface area (Å²) in [5.74, 6) is 0.0776. The van der Waals surface area contributed by atoms with Gasteiger partial charge in [0.25, 0.3) is 0 Å². The largest absolute Gasteiger partial charge is 0.326 e. The maximum Gasteiger partial charge on any atom is 0.224 e. The minimum atomic E-state index is 0. The molecule has 1 aromatic carbocycles. The van der Waals surface area contributed by atoms with Crippen molar-refractivity contribution in [1.82, 2.24) is 5.32 Å². The second-order valence-electron chi connectivity index (χ2n) is 5.58. The molecule has 0 aliphatic carbocycles. The van der Waals surface area contributed by atoms with Gasteiger partial charge < -0.3 is 10.6 Å². The van der Waals surface area contributed by atoms with Crippen LogP contribution in [0, 0.1) is 0 Å². The number of hydrogen-bond donors (Lipinski definition) is 2. The van der Waals surface area contributed by atoms with Crippen LogP contribution in [0.15, 0.2) is 24.3 Å². The summed E-state index contributed by atoms with van der Waals surface area (Å²) in [5.41, 5.74) is 2.29. The molecule has 0 saturated carbocycles. The quantitative estimate of drug-likeness (QED) is 0.814. The Morgan fingerprint density at radius 1 is 1.16 bits per heavy atom. The first-order chi connectivity index (χ1) is 8.43.